The summed E-state index contributed by atoms with van der Waals surface area (Å²) in [6.07, 6.45) is -4.44. The second-order valence-electron chi connectivity index (χ2n) is 3.90. The quantitative estimate of drug-likeness (QED) is 0.817. The number of halogens is 3. The van der Waals surface area contributed by atoms with E-state index in [-0.39, 0.29) is 17.2 Å². The highest BCUT2D eigenvalue weighted by atomic mass is 32.1. The highest BCUT2D eigenvalue weighted by molar-refractivity contribution is 7.80. The van der Waals surface area contributed by atoms with Crippen molar-refractivity contribution in [2.24, 2.45) is 5.73 Å². The lowest BCUT2D eigenvalue weighted by Crippen LogP contribution is -2.29. The molecule has 0 bridgehead atoms. The molecular formula is C12H15F3N2OS. The Bertz CT molecular complexity index is 463. The molecule has 0 spiro atoms. The number of anilines is 1. The van der Waals surface area contributed by atoms with Gasteiger partial charge >= 0.3 is 6.18 Å². The Kier molecular flexibility index (Phi) is 5.13. The zero-order valence-corrected chi connectivity index (χ0v) is 11.2. The summed E-state index contributed by atoms with van der Waals surface area (Å²) in [5.41, 5.74) is 5.36. The van der Waals surface area contributed by atoms with Crippen LogP contribution in [0.5, 0.6) is 0 Å². The number of nitrogens with two attached hydrogens (primary N) is 1. The largest absolute Gasteiger partial charge is 0.416 e. The van der Waals surface area contributed by atoms with Crippen LogP contribution in [-0.4, -0.2) is 29.8 Å². The van der Waals surface area contributed by atoms with E-state index in [9.17, 15) is 13.2 Å². The van der Waals surface area contributed by atoms with Gasteiger partial charge in [-0.2, -0.15) is 13.2 Å². The van der Waals surface area contributed by atoms with Gasteiger partial charge in [-0.25, -0.2) is 0 Å². The summed E-state index contributed by atoms with van der Waals surface area (Å²) in [6, 6.07) is 3.26. The molecule has 3 nitrogen and oxygen atoms in total. The van der Waals surface area contributed by atoms with Crippen molar-refractivity contribution in [3.63, 3.8) is 0 Å². The molecule has 0 atom stereocenters. The van der Waals surface area contributed by atoms with Crippen LogP contribution in [0, 0.1) is 0 Å². The van der Waals surface area contributed by atoms with Crippen molar-refractivity contribution >= 4 is 22.9 Å². The van der Waals surface area contributed by atoms with E-state index >= 15 is 0 Å². The molecule has 0 aliphatic rings. The van der Waals surface area contributed by atoms with Gasteiger partial charge in [-0.15, -0.1) is 0 Å². The molecule has 19 heavy (non-hydrogen) atoms. The summed E-state index contributed by atoms with van der Waals surface area (Å²) in [7, 11) is 0. The van der Waals surface area contributed by atoms with Crippen LogP contribution in [0.15, 0.2) is 18.2 Å². The van der Waals surface area contributed by atoms with E-state index in [0.29, 0.717) is 18.8 Å². The van der Waals surface area contributed by atoms with E-state index in [1.54, 1.807) is 4.90 Å². The molecule has 0 amide bonds. The lowest BCUT2D eigenvalue weighted by atomic mass is 10.1. The van der Waals surface area contributed by atoms with Crippen molar-refractivity contribution < 1.29 is 18.3 Å². The predicted molar refractivity (Wildman–Crippen MR) is 72.3 cm³/mol. The van der Waals surface area contributed by atoms with Gasteiger partial charge in [0.15, 0.2) is 0 Å². The molecule has 0 radical (unpaired) electrons. The summed E-state index contributed by atoms with van der Waals surface area (Å²) in [5, 5.41) is 8.96. The number of benzene rings is 1. The number of thiocarbonyl (C=S) groups is 1. The number of nitrogens with zero attached hydrogens (tertiary/aromatic N) is 1. The van der Waals surface area contributed by atoms with E-state index in [1.165, 1.54) is 6.07 Å². The van der Waals surface area contributed by atoms with Crippen LogP contribution in [0.2, 0.25) is 0 Å². The van der Waals surface area contributed by atoms with Crippen LogP contribution in [0.4, 0.5) is 18.9 Å². The molecule has 0 aromatic heterocycles. The second kappa shape index (κ2) is 6.21. The molecular weight excluding hydrogens is 277 g/mol. The Morgan fingerprint density at radius 1 is 1.42 bits per heavy atom. The van der Waals surface area contributed by atoms with Crippen LogP contribution in [0.1, 0.15) is 18.1 Å². The molecule has 0 unspecified atom stereocenters. The van der Waals surface area contributed by atoms with Crippen LogP contribution in [-0.2, 0) is 6.18 Å². The molecule has 7 heteroatoms. The molecule has 0 fully saturated rings. The van der Waals surface area contributed by atoms with Crippen molar-refractivity contribution in [3.05, 3.63) is 29.3 Å². The van der Waals surface area contributed by atoms with Crippen LogP contribution >= 0.6 is 12.2 Å². The zero-order valence-electron chi connectivity index (χ0n) is 10.4. The van der Waals surface area contributed by atoms with Crippen LogP contribution in [0.25, 0.3) is 0 Å². The minimum atomic E-state index is -4.44. The van der Waals surface area contributed by atoms with E-state index < -0.39 is 11.7 Å². The van der Waals surface area contributed by atoms with E-state index in [2.05, 4.69) is 0 Å². The van der Waals surface area contributed by atoms with Crippen molar-refractivity contribution in [1.82, 2.24) is 0 Å². The second-order valence-corrected chi connectivity index (χ2v) is 4.34. The van der Waals surface area contributed by atoms with Gasteiger partial charge in [0.05, 0.1) is 12.2 Å². The molecule has 0 saturated carbocycles. The van der Waals surface area contributed by atoms with Crippen molar-refractivity contribution in [1.29, 1.82) is 0 Å². The average molecular weight is 292 g/mol. The highest BCUT2D eigenvalue weighted by Gasteiger charge is 2.31. The van der Waals surface area contributed by atoms with Gasteiger partial charge < -0.3 is 15.7 Å². The summed E-state index contributed by atoms with van der Waals surface area (Å²) in [5.74, 6) is 0. The Hall–Kier alpha value is -1.34. The average Bonchev–Trinajstić information content (AvgIpc) is 2.34. The van der Waals surface area contributed by atoms with Gasteiger partial charge in [0.25, 0.3) is 0 Å². The normalized spacial score (nSPS) is 11.4. The lowest BCUT2D eigenvalue weighted by Gasteiger charge is -2.25. The SMILES string of the molecule is CCN(CCO)c1ccc(C(F)(F)F)cc1C(N)=S. The van der Waals surface area contributed by atoms with Crippen molar-refractivity contribution in [2.45, 2.75) is 13.1 Å². The Morgan fingerprint density at radius 3 is 2.47 bits per heavy atom. The number of alkyl halides is 3. The number of hydrogen-bond donors (Lipinski definition) is 2. The maximum absolute atomic E-state index is 12.7. The number of likely N-dealkylation sites (N-methyl/N-ethyl adjacent to an activating group) is 1. The first-order chi connectivity index (χ1) is 8.81. The number of rotatable bonds is 5. The predicted octanol–water partition coefficient (Wildman–Crippen LogP) is 2.16. The van der Waals surface area contributed by atoms with Gasteiger partial charge in [0.1, 0.15) is 4.99 Å². The summed E-state index contributed by atoms with van der Waals surface area (Å²) >= 11 is 4.80. The fourth-order valence-corrected chi connectivity index (χ4v) is 1.92. The monoisotopic (exact) mass is 292 g/mol. The van der Waals surface area contributed by atoms with Gasteiger partial charge in [-0.3, -0.25) is 0 Å². The van der Waals surface area contributed by atoms with E-state index in [1.807, 2.05) is 6.92 Å². The third-order valence-electron chi connectivity index (χ3n) is 2.68. The topological polar surface area (TPSA) is 49.5 Å². The van der Waals surface area contributed by atoms with Crippen molar-refractivity contribution in [3.8, 4) is 0 Å². The molecule has 0 heterocycles. The lowest BCUT2D eigenvalue weighted by molar-refractivity contribution is -0.137. The molecule has 3 N–H and O–H groups in total. The fraction of sp³-hybridized carbons (Fsp3) is 0.417. The zero-order chi connectivity index (χ0) is 14.6. The van der Waals surface area contributed by atoms with Gasteiger partial charge in [0, 0.05) is 24.3 Å². The number of aliphatic hydroxyl groups excluding tert-OH is 1. The van der Waals surface area contributed by atoms with E-state index in [4.69, 9.17) is 23.1 Å². The van der Waals surface area contributed by atoms with E-state index in [0.717, 1.165) is 12.1 Å². The summed E-state index contributed by atoms with van der Waals surface area (Å²) in [4.78, 5) is 1.62. The number of hydrogen-bond acceptors (Lipinski definition) is 3. The molecule has 106 valence electrons. The molecule has 1 aromatic carbocycles. The van der Waals surface area contributed by atoms with Crippen LogP contribution in [0.3, 0.4) is 0 Å². The molecule has 0 saturated heterocycles. The molecule has 0 aliphatic carbocycles. The smallest absolute Gasteiger partial charge is 0.395 e. The van der Waals surface area contributed by atoms with Gasteiger partial charge in [-0.1, -0.05) is 12.2 Å². The maximum atomic E-state index is 12.7. The third-order valence-corrected chi connectivity index (χ3v) is 2.90. The first kappa shape index (κ1) is 15.7. The Balaban J connectivity index is 3.29. The fourth-order valence-electron chi connectivity index (χ4n) is 1.76. The molecule has 1 rings (SSSR count). The standard InChI is InChI=1S/C12H15F3N2OS/c1-2-17(5-6-18)10-4-3-8(12(13,14)15)7-9(10)11(16)19/h3-4,7,18H,2,5-6H2,1H3,(H2,16,19). The minimum absolute atomic E-state index is 0.0995. The summed E-state index contributed by atoms with van der Waals surface area (Å²) < 4.78 is 38.0. The first-order valence-corrected chi connectivity index (χ1v) is 6.09. The molecule has 0 aliphatic heterocycles. The van der Waals surface area contributed by atoms with Gasteiger partial charge in [-0.05, 0) is 25.1 Å². The third kappa shape index (κ3) is 3.81. The maximum Gasteiger partial charge on any atom is 0.416 e. The minimum Gasteiger partial charge on any atom is -0.395 e. The van der Waals surface area contributed by atoms with Crippen LogP contribution < -0.4 is 10.6 Å². The number of aliphatic hydroxyl groups is 1. The van der Waals surface area contributed by atoms with Crippen molar-refractivity contribution in [2.75, 3.05) is 24.6 Å². The molecule has 1 aromatic rings. The van der Waals surface area contributed by atoms with Gasteiger partial charge in [0.2, 0.25) is 0 Å². The Labute approximate surface area is 114 Å². The summed E-state index contributed by atoms with van der Waals surface area (Å²) in [6.45, 7) is 2.56. The highest BCUT2D eigenvalue weighted by Crippen LogP contribution is 2.32. The Morgan fingerprint density at radius 2 is 2.05 bits per heavy atom. The first-order valence-electron chi connectivity index (χ1n) is 5.68.